The van der Waals surface area contributed by atoms with E-state index in [1.807, 2.05) is 13.8 Å². The number of carbonyl (C=O) groups is 1. The highest BCUT2D eigenvalue weighted by Crippen LogP contribution is 2.14. The molecule has 0 radical (unpaired) electrons. The van der Waals surface area contributed by atoms with E-state index in [2.05, 4.69) is 5.32 Å². The molecule has 1 aromatic heterocycles. The largest absolute Gasteiger partial charge is 0.469 e. The number of amides is 1. The average molecular weight is 225 g/mol. The van der Waals surface area contributed by atoms with E-state index in [9.17, 15) is 4.79 Å². The van der Waals surface area contributed by atoms with E-state index in [0.717, 1.165) is 12.0 Å². The fourth-order valence-electron chi connectivity index (χ4n) is 1.52. The molecule has 0 unspecified atom stereocenters. The number of hydrogen-bond donors (Lipinski definition) is 1. The van der Waals surface area contributed by atoms with Gasteiger partial charge in [0.15, 0.2) is 0 Å². The second kappa shape index (κ2) is 6.33. The van der Waals surface area contributed by atoms with E-state index in [0.29, 0.717) is 31.1 Å². The van der Waals surface area contributed by atoms with Crippen molar-refractivity contribution in [3.63, 3.8) is 0 Å². The first kappa shape index (κ1) is 12.8. The molecule has 0 saturated carbocycles. The molecule has 0 atom stereocenters. The maximum Gasteiger partial charge on any atom is 0.255 e. The molecule has 4 heteroatoms. The molecule has 4 nitrogen and oxygen atoms in total. The van der Waals surface area contributed by atoms with Gasteiger partial charge in [0.25, 0.3) is 5.91 Å². The van der Waals surface area contributed by atoms with Crippen LogP contribution in [0.2, 0.25) is 0 Å². The summed E-state index contributed by atoms with van der Waals surface area (Å²) in [6, 6.07) is 0. The Labute approximate surface area is 96.0 Å². The van der Waals surface area contributed by atoms with Crippen LogP contribution in [-0.4, -0.2) is 25.7 Å². The van der Waals surface area contributed by atoms with Crippen LogP contribution in [0.1, 0.15) is 35.0 Å². The lowest BCUT2D eigenvalue weighted by molar-refractivity contribution is 0.0942. The van der Waals surface area contributed by atoms with Crippen LogP contribution in [0, 0.1) is 13.8 Å². The van der Waals surface area contributed by atoms with Gasteiger partial charge in [-0.3, -0.25) is 4.79 Å². The van der Waals surface area contributed by atoms with Gasteiger partial charge >= 0.3 is 0 Å². The van der Waals surface area contributed by atoms with Gasteiger partial charge in [-0.15, -0.1) is 0 Å². The number of aryl methyl sites for hydroxylation is 2. The van der Waals surface area contributed by atoms with Gasteiger partial charge in [-0.2, -0.15) is 0 Å². The predicted octanol–water partition coefficient (Wildman–Crippen LogP) is 2.05. The Kier molecular flexibility index (Phi) is 5.05. The standard InChI is InChI=1S/C12H19NO3/c1-4-15-7-5-6-13-12(14)11-9(2)8-16-10(11)3/h8H,4-7H2,1-3H3,(H,13,14). The van der Waals surface area contributed by atoms with Crippen molar-refractivity contribution in [2.24, 2.45) is 0 Å². The summed E-state index contributed by atoms with van der Waals surface area (Å²) in [5.41, 5.74) is 1.52. The smallest absolute Gasteiger partial charge is 0.255 e. The third-order valence-electron chi connectivity index (χ3n) is 2.34. The molecule has 0 aliphatic carbocycles. The fraction of sp³-hybridized carbons (Fsp3) is 0.583. The maximum atomic E-state index is 11.8. The highest BCUT2D eigenvalue weighted by molar-refractivity contribution is 5.96. The molecular weight excluding hydrogens is 206 g/mol. The van der Waals surface area contributed by atoms with E-state index in [-0.39, 0.29) is 5.91 Å². The first-order valence-corrected chi connectivity index (χ1v) is 5.57. The number of hydrogen-bond acceptors (Lipinski definition) is 3. The highest BCUT2D eigenvalue weighted by Gasteiger charge is 2.14. The van der Waals surface area contributed by atoms with Gasteiger partial charge in [0.2, 0.25) is 0 Å². The van der Waals surface area contributed by atoms with Crippen LogP contribution in [0.15, 0.2) is 10.7 Å². The SMILES string of the molecule is CCOCCCNC(=O)c1c(C)coc1C. The van der Waals surface area contributed by atoms with Crippen molar-refractivity contribution < 1.29 is 13.9 Å². The Bertz CT molecular complexity index is 325. The molecule has 16 heavy (non-hydrogen) atoms. The third-order valence-corrected chi connectivity index (χ3v) is 2.34. The number of nitrogens with one attached hydrogen (secondary N) is 1. The Hall–Kier alpha value is -1.29. The first-order chi connectivity index (χ1) is 7.66. The lowest BCUT2D eigenvalue weighted by Crippen LogP contribution is -2.26. The van der Waals surface area contributed by atoms with Crippen molar-refractivity contribution in [2.45, 2.75) is 27.2 Å². The van der Waals surface area contributed by atoms with Gasteiger partial charge < -0.3 is 14.5 Å². The second-order valence-corrected chi connectivity index (χ2v) is 3.66. The van der Waals surface area contributed by atoms with Gasteiger partial charge in [0, 0.05) is 25.3 Å². The summed E-state index contributed by atoms with van der Waals surface area (Å²) in [6.45, 7) is 7.64. The van der Waals surface area contributed by atoms with Gasteiger partial charge in [0.1, 0.15) is 5.76 Å². The summed E-state index contributed by atoms with van der Waals surface area (Å²) in [4.78, 5) is 11.8. The topological polar surface area (TPSA) is 51.5 Å². The van der Waals surface area contributed by atoms with Crippen molar-refractivity contribution in [2.75, 3.05) is 19.8 Å². The first-order valence-electron chi connectivity index (χ1n) is 5.57. The highest BCUT2D eigenvalue weighted by atomic mass is 16.5. The summed E-state index contributed by atoms with van der Waals surface area (Å²) in [7, 11) is 0. The summed E-state index contributed by atoms with van der Waals surface area (Å²) >= 11 is 0. The van der Waals surface area contributed by atoms with Crippen molar-refractivity contribution in [1.82, 2.24) is 5.32 Å². The molecule has 0 spiro atoms. The number of carbonyl (C=O) groups excluding carboxylic acids is 1. The minimum Gasteiger partial charge on any atom is -0.469 e. The van der Waals surface area contributed by atoms with E-state index in [1.54, 1.807) is 13.2 Å². The summed E-state index contributed by atoms with van der Waals surface area (Å²) in [5.74, 6) is 0.597. The monoisotopic (exact) mass is 225 g/mol. The molecular formula is C12H19NO3. The van der Waals surface area contributed by atoms with Gasteiger partial charge in [-0.1, -0.05) is 0 Å². The molecule has 0 aromatic carbocycles. The predicted molar refractivity (Wildman–Crippen MR) is 61.6 cm³/mol. The van der Waals surface area contributed by atoms with Crippen molar-refractivity contribution in [1.29, 1.82) is 0 Å². The Morgan fingerprint density at radius 2 is 2.25 bits per heavy atom. The Morgan fingerprint density at radius 3 is 2.81 bits per heavy atom. The van der Waals surface area contributed by atoms with Crippen LogP contribution in [0.3, 0.4) is 0 Å². The zero-order chi connectivity index (χ0) is 12.0. The van der Waals surface area contributed by atoms with Crippen LogP contribution in [0.4, 0.5) is 0 Å². The molecule has 90 valence electrons. The van der Waals surface area contributed by atoms with Gasteiger partial charge in [0.05, 0.1) is 11.8 Å². The molecule has 1 heterocycles. The minimum atomic E-state index is -0.0692. The molecule has 0 saturated heterocycles. The fourth-order valence-corrected chi connectivity index (χ4v) is 1.52. The Balaban J connectivity index is 2.36. The summed E-state index contributed by atoms with van der Waals surface area (Å²) in [5, 5.41) is 2.85. The molecule has 0 aliphatic rings. The van der Waals surface area contributed by atoms with Crippen molar-refractivity contribution in [3.05, 3.63) is 23.2 Å². The van der Waals surface area contributed by atoms with Gasteiger partial charge in [-0.05, 0) is 27.2 Å². The zero-order valence-electron chi connectivity index (χ0n) is 10.1. The van der Waals surface area contributed by atoms with E-state index in [4.69, 9.17) is 9.15 Å². The van der Waals surface area contributed by atoms with Crippen molar-refractivity contribution in [3.8, 4) is 0 Å². The zero-order valence-corrected chi connectivity index (χ0v) is 10.1. The van der Waals surface area contributed by atoms with Crippen molar-refractivity contribution >= 4 is 5.91 Å². The summed E-state index contributed by atoms with van der Waals surface area (Å²) < 4.78 is 10.4. The van der Waals surface area contributed by atoms with E-state index < -0.39 is 0 Å². The molecule has 1 N–H and O–H groups in total. The van der Waals surface area contributed by atoms with Crippen LogP contribution < -0.4 is 5.32 Å². The molecule has 0 fully saturated rings. The van der Waals surface area contributed by atoms with Gasteiger partial charge in [-0.25, -0.2) is 0 Å². The second-order valence-electron chi connectivity index (χ2n) is 3.66. The molecule has 1 amide bonds. The lowest BCUT2D eigenvalue weighted by atomic mass is 10.1. The number of furan rings is 1. The molecule has 1 rings (SSSR count). The van der Waals surface area contributed by atoms with Crippen LogP contribution >= 0.6 is 0 Å². The number of ether oxygens (including phenoxy) is 1. The third kappa shape index (κ3) is 3.38. The molecule has 1 aromatic rings. The minimum absolute atomic E-state index is 0.0692. The van der Waals surface area contributed by atoms with Crippen LogP contribution in [0.5, 0.6) is 0 Å². The normalized spacial score (nSPS) is 10.4. The molecule has 0 bridgehead atoms. The maximum absolute atomic E-state index is 11.8. The quantitative estimate of drug-likeness (QED) is 0.754. The van der Waals surface area contributed by atoms with E-state index >= 15 is 0 Å². The van der Waals surface area contributed by atoms with Crippen LogP contribution in [0.25, 0.3) is 0 Å². The number of rotatable bonds is 6. The van der Waals surface area contributed by atoms with E-state index in [1.165, 1.54) is 0 Å². The molecule has 0 aliphatic heterocycles. The summed E-state index contributed by atoms with van der Waals surface area (Å²) in [6.07, 6.45) is 2.43. The average Bonchev–Trinajstić information content (AvgIpc) is 2.58. The Morgan fingerprint density at radius 1 is 1.50 bits per heavy atom. The van der Waals surface area contributed by atoms with Crippen LogP contribution in [-0.2, 0) is 4.74 Å². The lowest BCUT2D eigenvalue weighted by Gasteiger charge is -2.05.